The number of hydrogen-bond donors (Lipinski definition) is 1. The van der Waals surface area contributed by atoms with E-state index in [4.69, 9.17) is 11.6 Å². The van der Waals surface area contributed by atoms with Crippen molar-refractivity contribution < 1.29 is 5.11 Å². The standard InChI is InChI=1S/C10H13ClN2O/c11-10-5-12-3-1-8(10)6-13-4-2-9(14)7-13/h1,3,5,9,14H,2,4,6-7H2. The first kappa shape index (κ1) is 9.90. The van der Waals surface area contributed by atoms with Crippen LogP contribution in [0.15, 0.2) is 18.5 Å². The smallest absolute Gasteiger partial charge is 0.0679 e. The van der Waals surface area contributed by atoms with Crippen molar-refractivity contribution in [2.75, 3.05) is 13.1 Å². The summed E-state index contributed by atoms with van der Waals surface area (Å²) in [5.41, 5.74) is 1.08. The van der Waals surface area contributed by atoms with Crippen molar-refractivity contribution in [3.05, 3.63) is 29.0 Å². The molecule has 3 nitrogen and oxygen atoms in total. The Morgan fingerprint density at radius 2 is 2.50 bits per heavy atom. The van der Waals surface area contributed by atoms with Crippen molar-refractivity contribution in [3.63, 3.8) is 0 Å². The highest BCUT2D eigenvalue weighted by atomic mass is 35.5. The first-order valence-electron chi connectivity index (χ1n) is 4.74. The van der Waals surface area contributed by atoms with E-state index in [0.717, 1.165) is 31.6 Å². The molecule has 0 radical (unpaired) electrons. The van der Waals surface area contributed by atoms with Gasteiger partial charge in [-0.15, -0.1) is 0 Å². The first-order chi connectivity index (χ1) is 6.75. The molecule has 1 atom stereocenters. The number of likely N-dealkylation sites (tertiary alicyclic amines) is 1. The van der Waals surface area contributed by atoms with Gasteiger partial charge in [-0.2, -0.15) is 0 Å². The largest absolute Gasteiger partial charge is 0.392 e. The second-order valence-electron chi connectivity index (χ2n) is 3.64. The number of aliphatic hydroxyl groups is 1. The molecule has 1 fully saturated rings. The third-order valence-electron chi connectivity index (χ3n) is 2.50. The van der Waals surface area contributed by atoms with E-state index in [1.165, 1.54) is 0 Å². The summed E-state index contributed by atoms with van der Waals surface area (Å²) in [7, 11) is 0. The molecule has 1 N–H and O–H groups in total. The molecule has 0 saturated carbocycles. The average molecular weight is 213 g/mol. The monoisotopic (exact) mass is 212 g/mol. The summed E-state index contributed by atoms with van der Waals surface area (Å²) in [6.45, 7) is 2.50. The summed E-state index contributed by atoms with van der Waals surface area (Å²) in [6.07, 6.45) is 4.09. The molecule has 1 saturated heterocycles. The lowest BCUT2D eigenvalue weighted by atomic mass is 10.2. The number of aliphatic hydroxyl groups excluding tert-OH is 1. The summed E-state index contributed by atoms with van der Waals surface area (Å²) >= 11 is 5.99. The number of nitrogens with zero attached hydrogens (tertiary/aromatic N) is 2. The fraction of sp³-hybridized carbons (Fsp3) is 0.500. The third-order valence-corrected chi connectivity index (χ3v) is 2.84. The Bertz CT molecular complexity index is 319. The second-order valence-corrected chi connectivity index (χ2v) is 4.05. The normalized spacial score (nSPS) is 22.9. The van der Waals surface area contributed by atoms with Crippen LogP contribution in [0.1, 0.15) is 12.0 Å². The summed E-state index contributed by atoms with van der Waals surface area (Å²) in [5, 5.41) is 10.1. The zero-order chi connectivity index (χ0) is 9.97. The van der Waals surface area contributed by atoms with Crippen molar-refractivity contribution >= 4 is 11.6 Å². The molecule has 76 valence electrons. The molecule has 0 spiro atoms. The molecule has 2 heterocycles. The molecule has 0 aromatic carbocycles. The van der Waals surface area contributed by atoms with Gasteiger partial charge in [-0.1, -0.05) is 11.6 Å². The minimum Gasteiger partial charge on any atom is -0.392 e. The number of rotatable bonds is 2. The third kappa shape index (κ3) is 2.23. The van der Waals surface area contributed by atoms with Crippen LogP contribution >= 0.6 is 11.6 Å². The van der Waals surface area contributed by atoms with Gasteiger partial charge in [-0.3, -0.25) is 9.88 Å². The number of hydrogen-bond acceptors (Lipinski definition) is 3. The Morgan fingerprint density at radius 3 is 3.14 bits per heavy atom. The van der Waals surface area contributed by atoms with Gasteiger partial charge in [0.2, 0.25) is 0 Å². The van der Waals surface area contributed by atoms with Gasteiger partial charge in [0, 0.05) is 32.0 Å². The van der Waals surface area contributed by atoms with Gasteiger partial charge >= 0.3 is 0 Å². The topological polar surface area (TPSA) is 36.4 Å². The van der Waals surface area contributed by atoms with Crippen molar-refractivity contribution in [2.24, 2.45) is 0 Å². The van der Waals surface area contributed by atoms with Crippen molar-refractivity contribution in [2.45, 2.75) is 19.1 Å². The minimum atomic E-state index is -0.171. The molecule has 1 aromatic rings. The van der Waals surface area contributed by atoms with E-state index in [1.807, 2.05) is 6.07 Å². The molecule has 0 aliphatic carbocycles. The van der Waals surface area contributed by atoms with Crippen LogP contribution < -0.4 is 0 Å². The highest BCUT2D eigenvalue weighted by Gasteiger charge is 2.20. The van der Waals surface area contributed by atoms with E-state index in [1.54, 1.807) is 12.4 Å². The lowest BCUT2D eigenvalue weighted by Crippen LogP contribution is -2.21. The Hall–Kier alpha value is -0.640. The quantitative estimate of drug-likeness (QED) is 0.803. The minimum absolute atomic E-state index is 0.171. The molecule has 1 unspecified atom stereocenters. The van der Waals surface area contributed by atoms with Crippen LogP contribution in [-0.2, 0) is 6.54 Å². The maximum absolute atomic E-state index is 9.36. The molecule has 1 aliphatic rings. The SMILES string of the molecule is OC1CCN(Cc2ccncc2Cl)C1. The number of pyridine rings is 1. The van der Waals surface area contributed by atoms with Crippen LogP contribution in [0.4, 0.5) is 0 Å². The van der Waals surface area contributed by atoms with Crippen molar-refractivity contribution in [1.29, 1.82) is 0 Å². The lowest BCUT2D eigenvalue weighted by Gasteiger charge is -2.15. The van der Waals surface area contributed by atoms with Crippen LogP contribution in [0.2, 0.25) is 5.02 Å². The molecule has 0 bridgehead atoms. The van der Waals surface area contributed by atoms with E-state index < -0.39 is 0 Å². The fourth-order valence-electron chi connectivity index (χ4n) is 1.73. The van der Waals surface area contributed by atoms with Crippen LogP contribution in [0.25, 0.3) is 0 Å². The average Bonchev–Trinajstić information content (AvgIpc) is 2.56. The maximum atomic E-state index is 9.36. The Morgan fingerprint density at radius 1 is 1.64 bits per heavy atom. The highest BCUT2D eigenvalue weighted by molar-refractivity contribution is 6.31. The Labute approximate surface area is 88.3 Å². The van der Waals surface area contributed by atoms with Gasteiger partial charge in [0.25, 0.3) is 0 Å². The molecule has 2 rings (SSSR count). The molecule has 14 heavy (non-hydrogen) atoms. The molecular weight excluding hydrogens is 200 g/mol. The zero-order valence-corrected chi connectivity index (χ0v) is 8.61. The summed E-state index contributed by atoms with van der Waals surface area (Å²) in [5.74, 6) is 0. The summed E-state index contributed by atoms with van der Waals surface area (Å²) < 4.78 is 0. The predicted octanol–water partition coefficient (Wildman–Crippen LogP) is 1.30. The molecule has 0 amide bonds. The van der Waals surface area contributed by atoms with Crippen LogP contribution in [0.5, 0.6) is 0 Å². The zero-order valence-electron chi connectivity index (χ0n) is 7.86. The molecule has 1 aliphatic heterocycles. The van der Waals surface area contributed by atoms with Gasteiger partial charge in [0.1, 0.15) is 0 Å². The van der Waals surface area contributed by atoms with E-state index in [9.17, 15) is 5.11 Å². The van der Waals surface area contributed by atoms with Crippen LogP contribution in [0, 0.1) is 0 Å². The van der Waals surface area contributed by atoms with E-state index in [0.29, 0.717) is 5.02 Å². The van der Waals surface area contributed by atoms with E-state index >= 15 is 0 Å². The Balaban J connectivity index is 2.01. The summed E-state index contributed by atoms with van der Waals surface area (Å²) in [6, 6.07) is 1.92. The van der Waals surface area contributed by atoms with Crippen LogP contribution in [0.3, 0.4) is 0 Å². The van der Waals surface area contributed by atoms with Crippen LogP contribution in [-0.4, -0.2) is 34.2 Å². The molecular formula is C10H13ClN2O. The number of β-amino-alcohol motifs (C(OH)–C–C–N with tert-alkyl or cyclic N) is 1. The molecule has 4 heteroatoms. The first-order valence-corrected chi connectivity index (χ1v) is 5.12. The van der Waals surface area contributed by atoms with Gasteiger partial charge in [0.15, 0.2) is 0 Å². The fourth-order valence-corrected chi connectivity index (χ4v) is 1.91. The number of halogens is 1. The van der Waals surface area contributed by atoms with Crippen molar-refractivity contribution in [3.8, 4) is 0 Å². The van der Waals surface area contributed by atoms with E-state index in [-0.39, 0.29) is 6.10 Å². The van der Waals surface area contributed by atoms with Gasteiger partial charge < -0.3 is 5.11 Å². The second kappa shape index (κ2) is 4.26. The van der Waals surface area contributed by atoms with Gasteiger partial charge in [-0.05, 0) is 18.1 Å². The van der Waals surface area contributed by atoms with E-state index in [2.05, 4.69) is 9.88 Å². The molecule has 1 aromatic heterocycles. The Kier molecular flexibility index (Phi) is 3.01. The van der Waals surface area contributed by atoms with Gasteiger partial charge in [0.05, 0.1) is 11.1 Å². The highest BCUT2D eigenvalue weighted by Crippen LogP contribution is 2.18. The number of aromatic nitrogens is 1. The lowest BCUT2D eigenvalue weighted by molar-refractivity contribution is 0.175. The predicted molar refractivity (Wildman–Crippen MR) is 55.1 cm³/mol. The maximum Gasteiger partial charge on any atom is 0.0679 e. The summed E-state index contributed by atoms with van der Waals surface area (Å²) in [4.78, 5) is 6.13. The van der Waals surface area contributed by atoms with Crippen molar-refractivity contribution in [1.82, 2.24) is 9.88 Å². The van der Waals surface area contributed by atoms with Gasteiger partial charge in [-0.25, -0.2) is 0 Å².